The summed E-state index contributed by atoms with van der Waals surface area (Å²) in [5.74, 6) is 0. The fraction of sp³-hybridized carbons (Fsp3) is 0.833. The van der Waals surface area contributed by atoms with Gasteiger partial charge in [-0.3, -0.25) is 0 Å². The van der Waals surface area contributed by atoms with Gasteiger partial charge in [0.1, 0.15) is 24.4 Å². The zero-order chi connectivity index (χ0) is 9.30. The molecule has 1 aliphatic heterocycles. The van der Waals surface area contributed by atoms with Crippen LogP contribution in [0, 0.1) is 6.29 Å². The highest BCUT2D eigenvalue weighted by Gasteiger charge is 2.43. The van der Waals surface area contributed by atoms with E-state index in [0.717, 1.165) is 0 Å². The maximum Gasteiger partial charge on any atom is 0.254 e. The number of hydrogen-bond acceptors (Lipinski definition) is 6. The van der Waals surface area contributed by atoms with Crippen LogP contribution in [-0.4, -0.2) is 56.6 Å². The Hall–Kier alpha value is -0.240. The molecule has 0 bridgehead atoms. The second-order valence-electron chi connectivity index (χ2n) is 2.60. The average molecular weight is 179 g/mol. The first-order valence-electron chi connectivity index (χ1n) is 3.45. The van der Waals surface area contributed by atoms with Crippen molar-refractivity contribution >= 4 is 0 Å². The van der Waals surface area contributed by atoms with Gasteiger partial charge in [-0.05, 0) is 0 Å². The predicted octanol–water partition coefficient (Wildman–Crippen LogP) is -2.68. The molecular formula is C6H11O6. The number of hydrogen-bond donors (Lipinski definition) is 5. The smallest absolute Gasteiger partial charge is 0.254 e. The number of aliphatic hydroxyl groups is 5. The molecule has 0 spiro atoms. The van der Waals surface area contributed by atoms with Crippen molar-refractivity contribution in [2.75, 3.05) is 6.61 Å². The first kappa shape index (κ1) is 9.85. The molecule has 0 aromatic heterocycles. The van der Waals surface area contributed by atoms with Gasteiger partial charge < -0.3 is 30.3 Å². The highest BCUT2D eigenvalue weighted by Crippen LogP contribution is 2.23. The zero-order valence-electron chi connectivity index (χ0n) is 6.16. The minimum absolute atomic E-state index is 0.547. The van der Waals surface area contributed by atoms with Gasteiger partial charge in [-0.1, -0.05) is 0 Å². The van der Waals surface area contributed by atoms with Crippen LogP contribution in [0.25, 0.3) is 0 Å². The van der Waals surface area contributed by atoms with E-state index >= 15 is 0 Å². The lowest BCUT2D eigenvalue weighted by atomic mass is 10.00. The van der Waals surface area contributed by atoms with Crippen molar-refractivity contribution in [1.29, 1.82) is 0 Å². The lowest BCUT2D eigenvalue weighted by molar-refractivity contribution is -0.230. The van der Waals surface area contributed by atoms with Crippen LogP contribution in [0.5, 0.6) is 0 Å². The van der Waals surface area contributed by atoms with Crippen molar-refractivity contribution < 1.29 is 30.3 Å². The third kappa shape index (κ3) is 1.58. The van der Waals surface area contributed by atoms with Crippen molar-refractivity contribution in [3.63, 3.8) is 0 Å². The van der Waals surface area contributed by atoms with Gasteiger partial charge in [-0.25, -0.2) is 0 Å². The predicted molar refractivity (Wildman–Crippen MR) is 35.2 cm³/mol. The van der Waals surface area contributed by atoms with Crippen LogP contribution in [-0.2, 0) is 4.74 Å². The quantitative estimate of drug-likeness (QED) is 0.300. The van der Waals surface area contributed by atoms with Gasteiger partial charge in [-0.2, -0.15) is 0 Å². The van der Waals surface area contributed by atoms with Gasteiger partial charge in [0.05, 0.1) is 6.61 Å². The topological polar surface area (TPSA) is 110 Å². The summed E-state index contributed by atoms with van der Waals surface area (Å²) >= 11 is 0. The molecule has 0 saturated carbocycles. The highest BCUT2D eigenvalue weighted by atomic mass is 16.6. The minimum atomic E-state index is -1.62. The van der Waals surface area contributed by atoms with Crippen LogP contribution < -0.4 is 0 Å². The maximum atomic E-state index is 9.11. The Morgan fingerprint density at radius 2 is 1.75 bits per heavy atom. The molecule has 1 fully saturated rings. The van der Waals surface area contributed by atoms with Gasteiger partial charge in [0, 0.05) is 0 Å². The largest absolute Gasteiger partial charge is 0.394 e. The van der Waals surface area contributed by atoms with E-state index in [0.29, 0.717) is 0 Å². The summed E-state index contributed by atoms with van der Waals surface area (Å²) in [6.45, 7) is -0.547. The lowest BCUT2D eigenvalue weighted by Gasteiger charge is -2.36. The first-order chi connectivity index (χ1) is 5.57. The molecular weight excluding hydrogens is 168 g/mol. The van der Waals surface area contributed by atoms with Crippen LogP contribution in [0.1, 0.15) is 0 Å². The molecule has 0 aromatic rings. The Kier molecular flexibility index (Phi) is 2.99. The van der Waals surface area contributed by atoms with Crippen LogP contribution in [0.15, 0.2) is 0 Å². The van der Waals surface area contributed by atoms with Crippen molar-refractivity contribution in [3.05, 3.63) is 6.29 Å². The van der Waals surface area contributed by atoms with E-state index in [-0.39, 0.29) is 0 Å². The van der Waals surface area contributed by atoms with E-state index in [1.54, 1.807) is 0 Å². The molecule has 1 aliphatic rings. The molecule has 4 atom stereocenters. The first-order valence-corrected chi connectivity index (χ1v) is 3.45. The van der Waals surface area contributed by atoms with Gasteiger partial charge in [-0.15, -0.1) is 0 Å². The van der Waals surface area contributed by atoms with Crippen molar-refractivity contribution in [3.8, 4) is 0 Å². The zero-order valence-corrected chi connectivity index (χ0v) is 6.16. The second kappa shape index (κ2) is 3.65. The Labute approximate surface area is 68.6 Å². The lowest BCUT2D eigenvalue weighted by Crippen LogP contribution is -2.55. The van der Waals surface area contributed by atoms with Crippen LogP contribution >= 0.6 is 0 Å². The Bertz CT molecular complexity index is 146. The standard InChI is InChI=1S/C6H11O6/c7-1-2-3(8)4(9)5(10)6(11)12-2/h2-5,7-11H,1H2/t2-,3+,4-,5-/m1/s1. The molecule has 1 heterocycles. The Balaban J connectivity index is 2.63. The molecule has 12 heavy (non-hydrogen) atoms. The summed E-state index contributed by atoms with van der Waals surface area (Å²) in [4.78, 5) is 0. The SMILES string of the molecule is OC[C@H]1O[C](O)[C@H](O)[C@H](O)[C@H]1O. The third-order valence-corrected chi connectivity index (χ3v) is 1.76. The van der Waals surface area contributed by atoms with Gasteiger partial charge in [0.25, 0.3) is 6.29 Å². The van der Waals surface area contributed by atoms with E-state index in [1.165, 1.54) is 0 Å². The molecule has 71 valence electrons. The van der Waals surface area contributed by atoms with E-state index in [4.69, 9.17) is 25.5 Å². The van der Waals surface area contributed by atoms with E-state index in [1.807, 2.05) is 0 Å². The highest BCUT2D eigenvalue weighted by molar-refractivity contribution is 4.95. The van der Waals surface area contributed by atoms with E-state index < -0.39 is 37.3 Å². The Morgan fingerprint density at radius 3 is 2.25 bits per heavy atom. The molecule has 1 radical (unpaired) electrons. The molecule has 5 N–H and O–H groups in total. The average Bonchev–Trinajstić information content (AvgIpc) is 2.08. The van der Waals surface area contributed by atoms with E-state index in [2.05, 4.69) is 4.74 Å². The molecule has 0 aromatic carbocycles. The van der Waals surface area contributed by atoms with Crippen molar-refractivity contribution in [2.45, 2.75) is 24.4 Å². The summed E-state index contributed by atoms with van der Waals surface area (Å²) in [6, 6.07) is 0. The van der Waals surface area contributed by atoms with Crippen LogP contribution in [0.4, 0.5) is 0 Å². The fourth-order valence-corrected chi connectivity index (χ4v) is 0.993. The summed E-state index contributed by atoms with van der Waals surface area (Å²) in [5.41, 5.74) is 0. The summed E-state index contributed by atoms with van der Waals surface area (Å²) in [7, 11) is 0. The summed E-state index contributed by atoms with van der Waals surface area (Å²) < 4.78 is 4.49. The second-order valence-corrected chi connectivity index (χ2v) is 2.60. The molecule has 6 nitrogen and oxygen atoms in total. The van der Waals surface area contributed by atoms with Crippen molar-refractivity contribution in [1.82, 2.24) is 0 Å². The summed E-state index contributed by atoms with van der Waals surface area (Å²) in [5, 5.41) is 44.5. The molecule has 1 saturated heterocycles. The number of rotatable bonds is 1. The fourth-order valence-electron chi connectivity index (χ4n) is 0.993. The molecule has 6 heteroatoms. The molecule has 0 amide bonds. The van der Waals surface area contributed by atoms with Crippen molar-refractivity contribution in [2.24, 2.45) is 0 Å². The Morgan fingerprint density at radius 1 is 1.17 bits per heavy atom. The molecule has 0 aliphatic carbocycles. The molecule has 1 rings (SSSR count). The maximum absolute atomic E-state index is 9.11. The summed E-state index contributed by atoms with van der Waals surface area (Å²) in [6.07, 6.45) is -6.44. The van der Waals surface area contributed by atoms with Gasteiger partial charge >= 0.3 is 0 Å². The van der Waals surface area contributed by atoms with Crippen LogP contribution in [0.2, 0.25) is 0 Å². The van der Waals surface area contributed by atoms with Crippen LogP contribution in [0.3, 0.4) is 0 Å². The normalized spacial score (nSPS) is 44.8. The third-order valence-electron chi connectivity index (χ3n) is 1.76. The van der Waals surface area contributed by atoms with Gasteiger partial charge in [0.2, 0.25) is 0 Å². The minimum Gasteiger partial charge on any atom is -0.394 e. The molecule has 0 unspecified atom stereocenters. The number of aliphatic hydroxyl groups excluding tert-OH is 5. The van der Waals surface area contributed by atoms with Gasteiger partial charge in [0.15, 0.2) is 0 Å². The van der Waals surface area contributed by atoms with E-state index in [9.17, 15) is 0 Å². The number of ether oxygens (including phenoxy) is 1. The monoisotopic (exact) mass is 179 g/mol.